The van der Waals surface area contributed by atoms with Crippen LogP contribution in [0.25, 0.3) is 6.08 Å². The third-order valence-corrected chi connectivity index (χ3v) is 5.68. The van der Waals surface area contributed by atoms with Crippen LogP contribution >= 0.6 is 11.6 Å². The average Bonchev–Trinajstić information content (AvgIpc) is 2.70. The molecule has 2 aromatic rings. The molecule has 0 aromatic heterocycles. The number of hydrogen-bond donors (Lipinski definition) is 3. The standard InChI is InChI=1S/C23H28ClN3O/c1-19(21-11-5-6-12-22(21)24)25-23(28)18-27-16-14-26(15-17-27)13-7-10-20-8-3-2-4-9-20/h2-12,19H,13-18H2,1H3,(H,25,28)/p+2/b10-7+/t19-/m1/s1. The fraction of sp³-hybridized carbons (Fsp3) is 0.348. The first-order chi connectivity index (χ1) is 13.6. The Hall–Kier alpha value is -2.14. The quantitative estimate of drug-likeness (QED) is 0.639. The number of carbonyl (C=O) groups is 1. The predicted molar refractivity (Wildman–Crippen MR) is 115 cm³/mol. The van der Waals surface area contributed by atoms with Crippen molar-refractivity contribution in [3.05, 3.63) is 76.8 Å². The van der Waals surface area contributed by atoms with Crippen LogP contribution in [0.4, 0.5) is 0 Å². The van der Waals surface area contributed by atoms with Crippen LogP contribution in [0.3, 0.4) is 0 Å². The van der Waals surface area contributed by atoms with Gasteiger partial charge in [-0.05, 0) is 30.2 Å². The summed E-state index contributed by atoms with van der Waals surface area (Å²) >= 11 is 6.23. The maximum Gasteiger partial charge on any atom is 0.275 e. The lowest BCUT2D eigenvalue weighted by Gasteiger charge is -2.29. The van der Waals surface area contributed by atoms with Crippen molar-refractivity contribution in [1.82, 2.24) is 5.32 Å². The lowest BCUT2D eigenvalue weighted by Crippen LogP contribution is -3.28. The van der Waals surface area contributed by atoms with Crippen molar-refractivity contribution in [1.29, 1.82) is 0 Å². The molecule has 3 N–H and O–H groups in total. The van der Waals surface area contributed by atoms with Crippen LogP contribution in [0.5, 0.6) is 0 Å². The summed E-state index contributed by atoms with van der Waals surface area (Å²) in [5.74, 6) is 0.0924. The molecule has 0 saturated carbocycles. The molecule has 148 valence electrons. The van der Waals surface area contributed by atoms with E-state index in [0.29, 0.717) is 11.6 Å². The van der Waals surface area contributed by atoms with Gasteiger partial charge in [0.25, 0.3) is 5.91 Å². The van der Waals surface area contributed by atoms with E-state index in [-0.39, 0.29) is 11.9 Å². The first-order valence-corrected chi connectivity index (χ1v) is 10.4. The van der Waals surface area contributed by atoms with Gasteiger partial charge in [0.15, 0.2) is 6.54 Å². The van der Waals surface area contributed by atoms with E-state index in [4.69, 9.17) is 11.6 Å². The average molecular weight is 400 g/mol. The zero-order chi connectivity index (χ0) is 19.8. The van der Waals surface area contributed by atoms with E-state index in [1.54, 1.807) is 4.90 Å². The molecule has 1 heterocycles. The van der Waals surface area contributed by atoms with E-state index in [1.807, 2.05) is 37.3 Å². The minimum absolute atomic E-state index is 0.0735. The molecule has 0 radical (unpaired) electrons. The van der Waals surface area contributed by atoms with Crippen LogP contribution < -0.4 is 15.1 Å². The monoisotopic (exact) mass is 399 g/mol. The Bertz CT molecular complexity index is 785. The van der Waals surface area contributed by atoms with Gasteiger partial charge in [-0.2, -0.15) is 0 Å². The molecule has 0 bridgehead atoms. The third-order valence-electron chi connectivity index (χ3n) is 5.34. The van der Waals surface area contributed by atoms with E-state index < -0.39 is 0 Å². The smallest absolute Gasteiger partial charge is 0.275 e. The molecule has 5 heteroatoms. The SMILES string of the molecule is C[C@@H](NC(=O)C[NH+]1CC[NH+](C/C=C/c2ccccc2)CC1)c1ccccc1Cl. The summed E-state index contributed by atoms with van der Waals surface area (Å²) in [4.78, 5) is 15.4. The summed E-state index contributed by atoms with van der Waals surface area (Å²) in [5.41, 5.74) is 2.21. The maximum absolute atomic E-state index is 12.4. The molecule has 4 nitrogen and oxygen atoms in total. The minimum atomic E-state index is -0.0735. The topological polar surface area (TPSA) is 38.0 Å². The Labute approximate surface area is 172 Å². The Morgan fingerprint density at radius 2 is 1.68 bits per heavy atom. The first-order valence-electron chi connectivity index (χ1n) is 10.0. The second-order valence-electron chi connectivity index (χ2n) is 7.50. The molecule has 1 aliphatic rings. The van der Waals surface area contributed by atoms with Crippen molar-refractivity contribution in [3.63, 3.8) is 0 Å². The van der Waals surface area contributed by atoms with Gasteiger partial charge in [0.1, 0.15) is 26.2 Å². The molecule has 0 spiro atoms. The molecule has 1 saturated heterocycles. The molecule has 1 atom stereocenters. The summed E-state index contributed by atoms with van der Waals surface area (Å²) in [6.45, 7) is 7.81. The van der Waals surface area contributed by atoms with E-state index in [2.05, 4.69) is 41.7 Å². The Morgan fingerprint density at radius 1 is 1.04 bits per heavy atom. The molecule has 1 fully saturated rings. The van der Waals surface area contributed by atoms with Crippen LogP contribution in [0.1, 0.15) is 24.1 Å². The number of rotatable bonds is 7. The van der Waals surface area contributed by atoms with Crippen LogP contribution in [0.2, 0.25) is 5.02 Å². The van der Waals surface area contributed by atoms with Gasteiger partial charge >= 0.3 is 0 Å². The summed E-state index contributed by atoms with van der Waals surface area (Å²) < 4.78 is 0. The maximum atomic E-state index is 12.4. The largest absolute Gasteiger partial charge is 0.345 e. The Balaban J connectivity index is 1.38. The van der Waals surface area contributed by atoms with Gasteiger partial charge in [0, 0.05) is 5.02 Å². The molecular formula is C23H30ClN3O+2. The molecule has 2 aromatic carbocycles. The summed E-state index contributed by atoms with van der Waals surface area (Å²) in [6.07, 6.45) is 4.45. The van der Waals surface area contributed by atoms with E-state index in [9.17, 15) is 4.79 Å². The van der Waals surface area contributed by atoms with Crippen molar-refractivity contribution in [2.75, 3.05) is 39.3 Å². The number of piperazine rings is 1. The first kappa shape index (κ1) is 20.6. The number of hydrogen-bond acceptors (Lipinski definition) is 1. The second-order valence-corrected chi connectivity index (χ2v) is 7.91. The van der Waals surface area contributed by atoms with E-state index >= 15 is 0 Å². The molecule has 3 rings (SSSR count). The zero-order valence-corrected chi connectivity index (χ0v) is 17.2. The highest BCUT2D eigenvalue weighted by Gasteiger charge is 2.24. The molecule has 0 aliphatic carbocycles. The van der Waals surface area contributed by atoms with Crippen molar-refractivity contribution < 1.29 is 14.6 Å². The van der Waals surface area contributed by atoms with Gasteiger partial charge in [-0.1, -0.05) is 66.2 Å². The molecule has 1 aliphatic heterocycles. The third kappa shape index (κ3) is 6.20. The highest BCUT2D eigenvalue weighted by Crippen LogP contribution is 2.21. The number of halogens is 1. The van der Waals surface area contributed by atoms with Crippen molar-refractivity contribution in [2.45, 2.75) is 13.0 Å². The van der Waals surface area contributed by atoms with E-state index in [0.717, 1.165) is 38.3 Å². The minimum Gasteiger partial charge on any atom is -0.345 e. The predicted octanol–water partition coefficient (Wildman–Crippen LogP) is 1.01. The molecule has 1 amide bonds. The molecule has 28 heavy (non-hydrogen) atoms. The van der Waals surface area contributed by atoms with Crippen LogP contribution in [0, 0.1) is 0 Å². The highest BCUT2D eigenvalue weighted by atomic mass is 35.5. The van der Waals surface area contributed by atoms with Crippen LogP contribution in [-0.4, -0.2) is 45.2 Å². The number of nitrogens with one attached hydrogen (secondary N) is 3. The zero-order valence-electron chi connectivity index (χ0n) is 16.5. The number of benzene rings is 2. The number of amides is 1. The summed E-state index contributed by atoms with van der Waals surface area (Å²) in [7, 11) is 0. The van der Waals surface area contributed by atoms with Gasteiger partial charge < -0.3 is 15.1 Å². The van der Waals surface area contributed by atoms with Crippen molar-refractivity contribution in [2.24, 2.45) is 0 Å². The molecular weight excluding hydrogens is 370 g/mol. The number of quaternary nitrogens is 2. The fourth-order valence-corrected chi connectivity index (χ4v) is 3.99. The summed E-state index contributed by atoms with van der Waals surface area (Å²) in [5, 5.41) is 3.78. The van der Waals surface area contributed by atoms with Crippen LogP contribution in [0.15, 0.2) is 60.7 Å². The van der Waals surface area contributed by atoms with Crippen molar-refractivity contribution in [3.8, 4) is 0 Å². The Morgan fingerprint density at radius 3 is 2.39 bits per heavy atom. The van der Waals surface area contributed by atoms with Crippen molar-refractivity contribution >= 4 is 23.6 Å². The normalized spacial score (nSPS) is 20.8. The second kappa shape index (κ2) is 10.4. The lowest BCUT2D eigenvalue weighted by molar-refractivity contribution is -1.01. The fourth-order valence-electron chi connectivity index (χ4n) is 3.69. The summed E-state index contributed by atoms with van der Waals surface area (Å²) in [6, 6.07) is 18.0. The molecule has 0 unspecified atom stereocenters. The Kier molecular flexibility index (Phi) is 7.66. The van der Waals surface area contributed by atoms with Crippen LogP contribution in [-0.2, 0) is 4.79 Å². The van der Waals surface area contributed by atoms with Gasteiger partial charge in [-0.3, -0.25) is 4.79 Å². The van der Waals surface area contributed by atoms with Gasteiger partial charge in [0.05, 0.1) is 12.6 Å². The highest BCUT2D eigenvalue weighted by molar-refractivity contribution is 6.31. The van der Waals surface area contributed by atoms with E-state index in [1.165, 1.54) is 10.5 Å². The van der Waals surface area contributed by atoms with Gasteiger partial charge in [0.2, 0.25) is 0 Å². The van der Waals surface area contributed by atoms with Gasteiger partial charge in [-0.25, -0.2) is 0 Å². The number of carbonyl (C=O) groups excluding carboxylic acids is 1. The lowest BCUT2D eigenvalue weighted by atomic mass is 10.1. The van der Waals surface area contributed by atoms with Gasteiger partial charge in [-0.15, -0.1) is 0 Å².